The van der Waals surface area contributed by atoms with Gasteiger partial charge in [0.05, 0.1) is 5.54 Å². The predicted molar refractivity (Wildman–Crippen MR) is 78.0 cm³/mol. The zero-order chi connectivity index (χ0) is 13.0. The van der Waals surface area contributed by atoms with Gasteiger partial charge in [-0.3, -0.25) is 4.79 Å². The molecule has 3 unspecified atom stereocenters. The standard InChI is InChI=1S/C14H26N2OS/c1-3-8-14(9-5-10-15-14)13(17)16-11-6-4-7-12(11)18-2/h11-12,15H,3-10H2,1-2H3,(H,16,17). The Morgan fingerprint density at radius 2 is 2.28 bits per heavy atom. The maximum Gasteiger partial charge on any atom is 0.240 e. The number of nitrogens with one attached hydrogen (secondary N) is 2. The molecule has 2 N–H and O–H groups in total. The lowest BCUT2D eigenvalue weighted by atomic mass is 9.90. The largest absolute Gasteiger partial charge is 0.351 e. The smallest absolute Gasteiger partial charge is 0.240 e. The first-order valence-corrected chi connectivity index (χ1v) is 8.59. The van der Waals surface area contributed by atoms with Gasteiger partial charge in [-0.15, -0.1) is 0 Å². The van der Waals surface area contributed by atoms with Gasteiger partial charge in [0, 0.05) is 11.3 Å². The highest BCUT2D eigenvalue weighted by Crippen LogP contribution is 2.30. The van der Waals surface area contributed by atoms with E-state index in [-0.39, 0.29) is 11.4 Å². The predicted octanol–water partition coefficient (Wildman–Crippen LogP) is 2.31. The normalized spacial score (nSPS) is 35.9. The topological polar surface area (TPSA) is 41.1 Å². The van der Waals surface area contributed by atoms with Gasteiger partial charge in [-0.2, -0.15) is 11.8 Å². The Hall–Kier alpha value is -0.220. The van der Waals surface area contributed by atoms with Gasteiger partial charge in [-0.25, -0.2) is 0 Å². The Labute approximate surface area is 115 Å². The Kier molecular flexibility index (Phi) is 4.96. The Morgan fingerprint density at radius 3 is 2.89 bits per heavy atom. The summed E-state index contributed by atoms with van der Waals surface area (Å²) < 4.78 is 0. The highest BCUT2D eigenvalue weighted by molar-refractivity contribution is 7.99. The van der Waals surface area contributed by atoms with Gasteiger partial charge in [0.15, 0.2) is 0 Å². The monoisotopic (exact) mass is 270 g/mol. The molecule has 1 aliphatic carbocycles. The van der Waals surface area contributed by atoms with Gasteiger partial charge in [0.1, 0.15) is 0 Å². The van der Waals surface area contributed by atoms with Gasteiger partial charge in [-0.05, 0) is 44.9 Å². The highest BCUT2D eigenvalue weighted by Gasteiger charge is 2.41. The lowest BCUT2D eigenvalue weighted by Gasteiger charge is -2.31. The first-order chi connectivity index (χ1) is 8.72. The fourth-order valence-corrected chi connectivity index (χ4v) is 4.37. The van der Waals surface area contributed by atoms with Crippen molar-refractivity contribution in [2.24, 2.45) is 0 Å². The molecule has 0 bridgehead atoms. The fraction of sp³-hybridized carbons (Fsp3) is 0.929. The average molecular weight is 270 g/mol. The molecule has 0 aromatic heterocycles. The van der Waals surface area contributed by atoms with Gasteiger partial charge in [0.25, 0.3) is 0 Å². The molecule has 3 atom stereocenters. The van der Waals surface area contributed by atoms with Crippen LogP contribution in [0.3, 0.4) is 0 Å². The molecule has 0 aromatic rings. The van der Waals surface area contributed by atoms with Crippen molar-refractivity contribution < 1.29 is 4.79 Å². The summed E-state index contributed by atoms with van der Waals surface area (Å²) in [5.41, 5.74) is -0.264. The van der Waals surface area contributed by atoms with Crippen molar-refractivity contribution in [3.05, 3.63) is 0 Å². The van der Waals surface area contributed by atoms with Crippen LogP contribution in [0.15, 0.2) is 0 Å². The first-order valence-electron chi connectivity index (χ1n) is 7.30. The molecule has 104 valence electrons. The number of thioether (sulfide) groups is 1. The third kappa shape index (κ3) is 2.85. The van der Waals surface area contributed by atoms with Crippen LogP contribution < -0.4 is 10.6 Å². The molecule has 1 saturated heterocycles. The van der Waals surface area contributed by atoms with E-state index in [0.717, 1.165) is 38.6 Å². The van der Waals surface area contributed by atoms with Crippen LogP contribution in [0.5, 0.6) is 0 Å². The molecule has 3 nitrogen and oxygen atoms in total. The van der Waals surface area contributed by atoms with Gasteiger partial charge >= 0.3 is 0 Å². The van der Waals surface area contributed by atoms with Crippen LogP contribution in [-0.4, -0.2) is 35.5 Å². The summed E-state index contributed by atoms with van der Waals surface area (Å²) in [4.78, 5) is 12.6. The fourth-order valence-electron chi connectivity index (χ4n) is 3.43. The number of rotatable bonds is 5. The van der Waals surface area contributed by atoms with Crippen LogP contribution >= 0.6 is 11.8 Å². The number of carbonyl (C=O) groups is 1. The highest BCUT2D eigenvalue weighted by atomic mass is 32.2. The third-order valence-electron chi connectivity index (χ3n) is 4.43. The second-order valence-corrected chi connectivity index (χ2v) is 6.72. The van der Waals surface area contributed by atoms with E-state index in [1.165, 1.54) is 12.8 Å². The molecule has 4 heteroatoms. The molecule has 2 rings (SSSR count). The second-order valence-electron chi connectivity index (χ2n) is 5.65. The molecule has 0 spiro atoms. The summed E-state index contributed by atoms with van der Waals surface area (Å²) in [6.45, 7) is 3.15. The maximum atomic E-state index is 12.6. The first kappa shape index (κ1) is 14.2. The summed E-state index contributed by atoms with van der Waals surface area (Å²) in [7, 11) is 0. The molecule has 0 radical (unpaired) electrons. The minimum absolute atomic E-state index is 0.257. The molecule has 1 heterocycles. The summed E-state index contributed by atoms with van der Waals surface area (Å²) in [6.07, 6.45) is 9.98. The summed E-state index contributed by atoms with van der Waals surface area (Å²) in [6, 6.07) is 0.392. The van der Waals surface area contributed by atoms with Crippen molar-refractivity contribution in [2.45, 2.75) is 68.7 Å². The van der Waals surface area contributed by atoms with E-state index in [2.05, 4.69) is 23.8 Å². The van der Waals surface area contributed by atoms with E-state index in [4.69, 9.17) is 0 Å². The third-order valence-corrected chi connectivity index (χ3v) is 5.60. The van der Waals surface area contributed by atoms with E-state index >= 15 is 0 Å². The quantitative estimate of drug-likeness (QED) is 0.805. The minimum Gasteiger partial charge on any atom is -0.351 e. The molecule has 1 amide bonds. The van der Waals surface area contributed by atoms with Crippen LogP contribution in [0.4, 0.5) is 0 Å². The number of amides is 1. The van der Waals surface area contributed by atoms with Crippen LogP contribution in [-0.2, 0) is 4.79 Å². The Morgan fingerprint density at radius 1 is 1.44 bits per heavy atom. The molecule has 1 saturated carbocycles. The molecule has 2 aliphatic rings. The second kappa shape index (κ2) is 6.29. The van der Waals surface area contributed by atoms with Crippen LogP contribution in [0.25, 0.3) is 0 Å². The number of hydrogen-bond donors (Lipinski definition) is 2. The summed E-state index contributed by atoms with van der Waals surface area (Å²) in [5.74, 6) is 0.257. The van der Waals surface area contributed by atoms with Crippen molar-refractivity contribution in [1.29, 1.82) is 0 Å². The van der Waals surface area contributed by atoms with E-state index in [0.29, 0.717) is 11.3 Å². The molecular formula is C14H26N2OS. The van der Waals surface area contributed by atoms with Crippen LogP contribution in [0, 0.1) is 0 Å². The van der Waals surface area contributed by atoms with E-state index in [1.54, 1.807) is 0 Å². The SMILES string of the molecule is CCCC1(C(=O)NC2CCCC2SC)CCCN1. The number of hydrogen-bond acceptors (Lipinski definition) is 3. The van der Waals surface area contributed by atoms with Gasteiger partial charge in [0.2, 0.25) is 5.91 Å². The molecule has 18 heavy (non-hydrogen) atoms. The maximum absolute atomic E-state index is 12.6. The van der Waals surface area contributed by atoms with Gasteiger partial charge in [-0.1, -0.05) is 19.8 Å². The lowest BCUT2D eigenvalue weighted by Crippen LogP contribution is -2.56. The van der Waals surface area contributed by atoms with E-state index in [9.17, 15) is 4.79 Å². The van der Waals surface area contributed by atoms with E-state index < -0.39 is 0 Å². The Bertz CT molecular complexity index is 290. The van der Waals surface area contributed by atoms with E-state index in [1.807, 2.05) is 11.8 Å². The molecular weight excluding hydrogens is 244 g/mol. The van der Waals surface area contributed by atoms with Crippen LogP contribution in [0.2, 0.25) is 0 Å². The van der Waals surface area contributed by atoms with Crippen molar-refractivity contribution in [2.75, 3.05) is 12.8 Å². The van der Waals surface area contributed by atoms with Gasteiger partial charge < -0.3 is 10.6 Å². The zero-order valence-electron chi connectivity index (χ0n) is 11.6. The van der Waals surface area contributed by atoms with Crippen molar-refractivity contribution in [3.8, 4) is 0 Å². The summed E-state index contributed by atoms with van der Waals surface area (Å²) in [5, 5.41) is 7.40. The van der Waals surface area contributed by atoms with Crippen molar-refractivity contribution in [3.63, 3.8) is 0 Å². The molecule has 2 fully saturated rings. The average Bonchev–Trinajstić information content (AvgIpc) is 2.99. The van der Waals surface area contributed by atoms with Crippen LogP contribution in [0.1, 0.15) is 51.9 Å². The molecule has 1 aliphatic heterocycles. The zero-order valence-corrected chi connectivity index (χ0v) is 12.4. The summed E-state index contributed by atoms with van der Waals surface area (Å²) >= 11 is 1.90. The Balaban J connectivity index is 1.97. The lowest BCUT2D eigenvalue weighted by molar-refractivity contribution is -0.128. The minimum atomic E-state index is -0.264. The molecule has 0 aromatic carbocycles. The van der Waals surface area contributed by atoms with Crippen molar-refractivity contribution in [1.82, 2.24) is 10.6 Å². The van der Waals surface area contributed by atoms with Crippen molar-refractivity contribution >= 4 is 17.7 Å². The number of carbonyl (C=O) groups excluding carboxylic acids is 1.